The standard InChI is InChI=1S/C13H7F6N5S/c14-12(15,16)6-4-7(25-5-6)8-9(13(17,18)19)23-24(10(8)20)11-21-2-1-3-22-11/h1-5H,20H2. The van der Waals surface area contributed by atoms with Gasteiger partial charge in [0.1, 0.15) is 5.82 Å². The largest absolute Gasteiger partial charge is 0.435 e. The molecule has 0 saturated carbocycles. The topological polar surface area (TPSA) is 69.6 Å². The highest BCUT2D eigenvalue weighted by molar-refractivity contribution is 7.13. The minimum Gasteiger partial charge on any atom is -0.383 e. The first-order chi connectivity index (χ1) is 11.6. The smallest absolute Gasteiger partial charge is 0.383 e. The molecule has 0 aromatic carbocycles. The summed E-state index contributed by atoms with van der Waals surface area (Å²) in [7, 11) is 0. The number of hydrogen-bond acceptors (Lipinski definition) is 5. The van der Waals surface area contributed by atoms with Gasteiger partial charge < -0.3 is 5.73 Å². The molecule has 5 nitrogen and oxygen atoms in total. The van der Waals surface area contributed by atoms with Gasteiger partial charge in [-0.3, -0.25) is 0 Å². The van der Waals surface area contributed by atoms with Crippen LogP contribution in [0.25, 0.3) is 16.4 Å². The van der Waals surface area contributed by atoms with E-state index in [4.69, 9.17) is 5.73 Å². The highest BCUT2D eigenvalue weighted by atomic mass is 32.1. The molecule has 2 N–H and O–H groups in total. The predicted molar refractivity (Wildman–Crippen MR) is 76.9 cm³/mol. The van der Waals surface area contributed by atoms with Gasteiger partial charge in [-0.2, -0.15) is 36.1 Å². The summed E-state index contributed by atoms with van der Waals surface area (Å²) in [6.45, 7) is 0. The van der Waals surface area contributed by atoms with E-state index < -0.39 is 35.0 Å². The number of halogens is 6. The van der Waals surface area contributed by atoms with Crippen LogP contribution >= 0.6 is 11.3 Å². The number of alkyl halides is 6. The van der Waals surface area contributed by atoms with Crippen LogP contribution in [-0.2, 0) is 12.4 Å². The van der Waals surface area contributed by atoms with Gasteiger partial charge >= 0.3 is 12.4 Å². The van der Waals surface area contributed by atoms with Crippen LogP contribution in [0.3, 0.4) is 0 Å². The van der Waals surface area contributed by atoms with Crippen molar-refractivity contribution in [1.82, 2.24) is 19.7 Å². The van der Waals surface area contributed by atoms with E-state index in [0.717, 1.165) is 0 Å². The summed E-state index contributed by atoms with van der Waals surface area (Å²) in [5.41, 5.74) is 2.62. The molecule has 0 bridgehead atoms. The Morgan fingerprint density at radius 3 is 2.16 bits per heavy atom. The van der Waals surface area contributed by atoms with Gasteiger partial charge in [0, 0.05) is 22.7 Å². The van der Waals surface area contributed by atoms with Crippen molar-refractivity contribution in [2.24, 2.45) is 0 Å². The molecule has 3 heterocycles. The van der Waals surface area contributed by atoms with E-state index in [9.17, 15) is 26.3 Å². The number of rotatable bonds is 2. The third-order valence-corrected chi connectivity index (χ3v) is 4.05. The van der Waals surface area contributed by atoms with Crippen molar-refractivity contribution in [3.63, 3.8) is 0 Å². The lowest BCUT2D eigenvalue weighted by molar-refractivity contribution is -0.140. The third-order valence-electron chi connectivity index (χ3n) is 3.10. The molecule has 0 aliphatic rings. The Hall–Kier alpha value is -2.63. The summed E-state index contributed by atoms with van der Waals surface area (Å²) in [4.78, 5) is 7.19. The lowest BCUT2D eigenvalue weighted by atomic mass is 10.1. The first kappa shape index (κ1) is 17.2. The molecular formula is C13H7F6N5S. The second kappa shape index (κ2) is 5.72. The van der Waals surface area contributed by atoms with E-state index in [1.54, 1.807) is 0 Å². The molecule has 12 heteroatoms. The SMILES string of the molecule is Nc1c(-c2cc(C(F)(F)F)cs2)c(C(F)(F)F)nn1-c1ncccn1. The van der Waals surface area contributed by atoms with Gasteiger partial charge in [-0.1, -0.05) is 0 Å². The van der Waals surface area contributed by atoms with Gasteiger partial charge in [0.05, 0.1) is 11.1 Å². The Balaban J connectivity index is 2.22. The summed E-state index contributed by atoms with van der Waals surface area (Å²) >= 11 is 0.488. The Kier molecular flexibility index (Phi) is 3.94. The van der Waals surface area contributed by atoms with Crippen LogP contribution in [-0.4, -0.2) is 19.7 Å². The van der Waals surface area contributed by atoms with Crippen LogP contribution in [0.4, 0.5) is 32.2 Å². The minimum absolute atomic E-state index is 0.232. The average molecular weight is 379 g/mol. The van der Waals surface area contributed by atoms with Crippen LogP contribution < -0.4 is 5.73 Å². The Bertz CT molecular complexity index is 896. The molecule has 0 atom stereocenters. The molecule has 0 fully saturated rings. The van der Waals surface area contributed by atoms with Crippen molar-refractivity contribution in [3.05, 3.63) is 41.2 Å². The average Bonchev–Trinajstić information content (AvgIpc) is 3.11. The van der Waals surface area contributed by atoms with Crippen LogP contribution in [0, 0.1) is 0 Å². The number of nitrogen functional groups attached to an aromatic ring is 1. The molecular weight excluding hydrogens is 372 g/mol. The molecule has 0 aliphatic carbocycles. The lowest BCUT2D eigenvalue weighted by Crippen LogP contribution is -2.09. The second-order valence-corrected chi connectivity index (χ2v) is 5.68. The van der Waals surface area contributed by atoms with E-state index in [1.807, 2.05) is 0 Å². The van der Waals surface area contributed by atoms with Gasteiger partial charge in [-0.05, 0) is 12.1 Å². The predicted octanol–water partition coefficient (Wildman–Crippen LogP) is 4.01. The molecule has 0 saturated heterocycles. The fourth-order valence-electron chi connectivity index (χ4n) is 2.04. The maximum absolute atomic E-state index is 13.3. The maximum atomic E-state index is 13.3. The summed E-state index contributed by atoms with van der Waals surface area (Å²) in [6.07, 6.45) is -7.07. The zero-order chi connectivity index (χ0) is 18.4. The van der Waals surface area contributed by atoms with Gasteiger partial charge in [0.2, 0.25) is 0 Å². The van der Waals surface area contributed by atoms with Gasteiger partial charge in [-0.15, -0.1) is 11.3 Å². The van der Waals surface area contributed by atoms with E-state index >= 15 is 0 Å². The summed E-state index contributed by atoms with van der Waals surface area (Å²) in [5.74, 6) is -0.738. The molecule has 0 amide bonds. The number of thiophene rings is 1. The molecule has 0 radical (unpaired) electrons. The quantitative estimate of drug-likeness (QED) is 0.683. The first-order valence-electron chi connectivity index (χ1n) is 6.48. The number of nitrogens with two attached hydrogens (primary N) is 1. The van der Waals surface area contributed by atoms with E-state index in [-0.39, 0.29) is 10.8 Å². The highest BCUT2D eigenvalue weighted by Crippen LogP contribution is 2.44. The van der Waals surface area contributed by atoms with Crippen molar-refractivity contribution in [3.8, 4) is 16.4 Å². The minimum atomic E-state index is -4.92. The molecule has 25 heavy (non-hydrogen) atoms. The Morgan fingerprint density at radius 2 is 1.64 bits per heavy atom. The van der Waals surface area contributed by atoms with E-state index in [1.165, 1.54) is 18.5 Å². The molecule has 0 spiro atoms. The Labute approximate surface area is 139 Å². The molecule has 3 aromatic heterocycles. The Morgan fingerprint density at radius 1 is 1.00 bits per heavy atom. The summed E-state index contributed by atoms with van der Waals surface area (Å²) < 4.78 is 78.7. The zero-order valence-corrected chi connectivity index (χ0v) is 12.7. The molecule has 0 unspecified atom stereocenters. The van der Waals surface area contributed by atoms with Gasteiger partial charge in [0.15, 0.2) is 5.69 Å². The number of nitrogens with zero attached hydrogens (tertiary/aromatic N) is 4. The van der Waals surface area contributed by atoms with E-state index in [2.05, 4.69) is 15.1 Å². The number of aromatic nitrogens is 4. The van der Waals surface area contributed by atoms with Crippen LogP contribution in [0.5, 0.6) is 0 Å². The van der Waals surface area contributed by atoms with Crippen LogP contribution in [0.15, 0.2) is 29.9 Å². The molecule has 3 aromatic rings. The number of anilines is 1. The van der Waals surface area contributed by atoms with Crippen LogP contribution in [0.2, 0.25) is 0 Å². The van der Waals surface area contributed by atoms with Crippen molar-refractivity contribution < 1.29 is 26.3 Å². The van der Waals surface area contributed by atoms with Gasteiger partial charge in [-0.25, -0.2) is 9.97 Å². The molecule has 0 aliphatic heterocycles. The zero-order valence-electron chi connectivity index (χ0n) is 11.9. The van der Waals surface area contributed by atoms with Crippen LogP contribution in [0.1, 0.15) is 11.3 Å². The van der Waals surface area contributed by atoms with Gasteiger partial charge in [0.25, 0.3) is 5.95 Å². The molecule has 3 rings (SSSR count). The van der Waals surface area contributed by atoms with Crippen molar-refractivity contribution >= 4 is 17.2 Å². The normalized spacial score (nSPS) is 12.6. The fourth-order valence-corrected chi connectivity index (χ4v) is 3.01. The summed E-state index contributed by atoms with van der Waals surface area (Å²) in [6, 6.07) is 2.03. The monoisotopic (exact) mass is 379 g/mol. The molecule has 132 valence electrons. The maximum Gasteiger partial charge on any atom is 0.435 e. The first-order valence-corrected chi connectivity index (χ1v) is 7.36. The van der Waals surface area contributed by atoms with Crippen molar-refractivity contribution in [2.45, 2.75) is 12.4 Å². The summed E-state index contributed by atoms with van der Waals surface area (Å²) in [5, 5.41) is 4.08. The number of hydrogen-bond donors (Lipinski definition) is 1. The van der Waals surface area contributed by atoms with E-state index in [0.29, 0.717) is 27.5 Å². The van der Waals surface area contributed by atoms with Crippen molar-refractivity contribution in [2.75, 3.05) is 5.73 Å². The highest BCUT2D eigenvalue weighted by Gasteiger charge is 2.41. The fraction of sp³-hybridized carbons (Fsp3) is 0.154. The second-order valence-electron chi connectivity index (χ2n) is 4.76. The lowest BCUT2D eigenvalue weighted by Gasteiger charge is -2.05. The third kappa shape index (κ3) is 3.16. The van der Waals surface area contributed by atoms with Crippen molar-refractivity contribution in [1.29, 1.82) is 0 Å².